The number of hydrogen-bond donors (Lipinski definition) is 1. The lowest BCUT2D eigenvalue weighted by atomic mass is 10.0. The maximum atomic E-state index is 12.8. The van der Waals surface area contributed by atoms with Gasteiger partial charge in [0.15, 0.2) is 0 Å². The van der Waals surface area contributed by atoms with Gasteiger partial charge < -0.3 is 10.1 Å². The molecule has 1 heterocycles. The van der Waals surface area contributed by atoms with E-state index in [1.54, 1.807) is 12.1 Å². The molecule has 0 radical (unpaired) electrons. The molecular weight excluding hydrogens is 257 g/mol. The first kappa shape index (κ1) is 12.7. The van der Waals surface area contributed by atoms with Crippen LogP contribution in [0.4, 0.5) is 10.1 Å². The minimum absolute atomic E-state index is 0.0532. The van der Waals surface area contributed by atoms with Crippen LogP contribution in [-0.2, 0) is 17.8 Å². The van der Waals surface area contributed by atoms with Gasteiger partial charge in [-0.1, -0.05) is 12.1 Å². The largest absolute Gasteiger partial charge is 0.489 e. The number of aryl methyl sites for hydroxylation is 1. The van der Waals surface area contributed by atoms with E-state index in [4.69, 9.17) is 4.74 Å². The minimum atomic E-state index is -0.252. The van der Waals surface area contributed by atoms with Crippen LogP contribution in [0.2, 0.25) is 0 Å². The van der Waals surface area contributed by atoms with Gasteiger partial charge in [-0.05, 0) is 47.9 Å². The van der Waals surface area contributed by atoms with Crippen LogP contribution in [0.15, 0.2) is 42.5 Å². The van der Waals surface area contributed by atoms with E-state index in [1.807, 2.05) is 18.2 Å². The Labute approximate surface area is 116 Å². The fourth-order valence-electron chi connectivity index (χ4n) is 2.20. The molecule has 2 aromatic rings. The standard InChI is InChI=1S/C16H14FNO2/c17-13-4-1-11(2-5-13)10-20-14-6-7-15-12(9-14)3-8-16(19)18-15/h1-2,4-7,9H,3,8,10H2,(H,18,19). The molecule has 20 heavy (non-hydrogen) atoms. The number of nitrogens with one attached hydrogen (secondary N) is 1. The zero-order valence-corrected chi connectivity index (χ0v) is 10.9. The molecule has 1 amide bonds. The van der Waals surface area contributed by atoms with E-state index in [0.29, 0.717) is 13.0 Å². The van der Waals surface area contributed by atoms with E-state index in [-0.39, 0.29) is 11.7 Å². The van der Waals surface area contributed by atoms with E-state index in [2.05, 4.69) is 5.32 Å². The van der Waals surface area contributed by atoms with Gasteiger partial charge in [-0.25, -0.2) is 4.39 Å². The Morgan fingerprint density at radius 1 is 1.10 bits per heavy atom. The average Bonchev–Trinajstić information content (AvgIpc) is 2.46. The van der Waals surface area contributed by atoms with Crippen molar-refractivity contribution >= 4 is 11.6 Å². The first-order valence-electron chi connectivity index (χ1n) is 6.51. The Balaban J connectivity index is 1.69. The van der Waals surface area contributed by atoms with Gasteiger partial charge in [0.1, 0.15) is 18.2 Å². The van der Waals surface area contributed by atoms with E-state index < -0.39 is 0 Å². The third kappa shape index (κ3) is 2.79. The van der Waals surface area contributed by atoms with Gasteiger partial charge in [-0.15, -0.1) is 0 Å². The first-order valence-corrected chi connectivity index (χ1v) is 6.51. The topological polar surface area (TPSA) is 38.3 Å². The van der Waals surface area contributed by atoms with Crippen molar-refractivity contribution in [1.82, 2.24) is 0 Å². The number of carbonyl (C=O) groups excluding carboxylic acids is 1. The van der Waals surface area contributed by atoms with E-state index >= 15 is 0 Å². The number of ether oxygens (including phenoxy) is 1. The van der Waals surface area contributed by atoms with Crippen molar-refractivity contribution in [3.8, 4) is 5.75 Å². The molecule has 0 aliphatic carbocycles. The fourth-order valence-corrected chi connectivity index (χ4v) is 2.20. The summed E-state index contributed by atoms with van der Waals surface area (Å²) in [5, 5.41) is 2.83. The van der Waals surface area contributed by atoms with E-state index in [9.17, 15) is 9.18 Å². The maximum absolute atomic E-state index is 12.8. The second kappa shape index (κ2) is 5.33. The smallest absolute Gasteiger partial charge is 0.224 e. The Kier molecular flexibility index (Phi) is 3.37. The van der Waals surface area contributed by atoms with Crippen molar-refractivity contribution in [2.75, 3.05) is 5.32 Å². The highest BCUT2D eigenvalue weighted by molar-refractivity contribution is 5.93. The normalized spacial score (nSPS) is 13.6. The number of hydrogen-bond acceptors (Lipinski definition) is 2. The summed E-state index contributed by atoms with van der Waals surface area (Å²) in [5.74, 6) is 0.556. The molecule has 1 N–H and O–H groups in total. The number of benzene rings is 2. The van der Waals surface area contributed by atoms with Crippen molar-refractivity contribution in [1.29, 1.82) is 0 Å². The molecular formula is C16H14FNO2. The lowest BCUT2D eigenvalue weighted by molar-refractivity contribution is -0.116. The van der Waals surface area contributed by atoms with Gasteiger partial charge in [-0.2, -0.15) is 0 Å². The highest BCUT2D eigenvalue weighted by Crippen LogP contribution is 2.27. The van der Waals surface area contributed by atoms with Gasteiger partial charge in [0, 0.05) is 12.1 Å². The molecule has 0 unspecified atom stereocenters. The van der Waals surface area contributed by atoms with Crippen LogP contribution in [0, 0.1) is 5.82 Å². The minimum Gasteiger partial charge on any atom is -0.489 e. The zero-order valence-electron chi connectivity index (χ0n) is 10.9. The summed E-state index contributed by atoms with van der Waals surface area (Å²) in [6.07, 6.45) is 1.24. The number of anilines is 1. The molecule has 1 aliphatic rings. The number of halogens is 1. The molecule has 1 aliphatic heterocycles. The zero-order chi connectivity index (χ0) is 13.9. The SMILES string of the molecule is O=C1CCc2cc(OCc3ccc(F)cc3)ccc2N1. The molecule has 0 saturated carbocycles. The van der Waals surface area contributed by atoms with Crippen LogP contribution in [-0.4, -0.2) is 5.91 Å². The monoisotopic (exact) mass is 271 g/mol. The predicted octanol–water partition coefficient (Wildman–Crippen LogP) is 3.29. The van der Waals surface area contributed by atoms with Crippen LogP contribution in [0.3, 0.4) is 0 Å². The van der Waals surface area contributed by atoms with Gasteiger partial charge in [-0.3, -0.25) is 4.79 Å². The van der Waals surface area contributed by atoms with Crippen LogP contribution >= 0.6 is 0 Å². The Morgan fingerprint density at radius 3 is 2.70 bits per heavy atom. The summed E-state index contributed by atoms with van der Waals surface area (Å²) in [4.78, 5) is 11.3. The van der Waals surface area contributed by atoms with Crippen molar-refractivity contribution in [2.45, 2.75) is 19.4 Å². The van der Waals surface area contributed by atoms with Crippen LogP contribution in [0.1, 0.15) is 17.5 Å². The molecule has 0 aromatic heterocycles. The third-order valence-electron chi connectivity index (χ3n) is 3.29. The number of carbonyl (C=O) groups is 1. The Hall–Kier alpha value is -2.36. The predicted molar refractivity (Wildman–Crippen MR) is 74.1 cm³/mol. The molecule has 102 valence electrons. The molecule has 0 atom stereocenters. The molecule has 0 fully saturated rings. The number of amides is 1. The van der Waals surface area contributed by atoms with Gasteiger partial charge in [0.2, 0.25) is 5.91 Å². The van der Waals surface area contributed by atoms with E-state index in [0.717, 1.165) is 29.0 Å². The summed E-state index contributed by atoms with van der Waals surface area (Å²) in [5.41, 5.74) is 2.86. The van der Waals surface area contributed by atoms with Crippen molar-refractivity contribution in [3.05, 3.63) is 59.4 Å². The summed E-state index contributed by atoms with van der Waals surface area (Å²) >= 11 is 0. The molecule has 0 spiro atoms. The van der Waals surface area contributed by atoms with Crippen LogP contribution in [0.25, 0.3) is 0 Å². The van der Waals surface area contributed by atoms with Crippen molar-refractivity contribution in [3.63, 3.8) is 0 Å². The lowest BCUT2D eigenvalue weighted by Crippen LogP contribution is -2.18. The van der Waals surface area contributed by atoms with Crippen LogP contribution < -0.4 is 10.1 Å². The molecule has 3 rings (SSSR count). The quantitative estimate of drug-likeness (QED) is 0.930. The summed E-state index contributed by atoms with van der Waals surface area (Å²) in [6.45, 7) is 0.394. The van der Waals surface area contributed by atoms with Crippen molar-refractivity contribution < 1.29 is 13.9 Å². The summed E-state index contributed by atoms with van der Waals surface area (Å²) < 4.78 is 18.5. The second-order valence-electron chi connectivity index (χ2n) is 4.78. The second-order valence-corrected chi connectivity index (χ2v) is 4.78. The summed E-state index contributed by atoms with van der Waals surface area (Å²) in [7, 11) is 0. The molecule has 0 bridgehead atoms. The fraction of sp³-hybridized carbons (Fsp3) is 0.188. The van der Waals surface area contributed by atoms with Crippen LogP contribution in [0.5, 0.6) is 5.75 Å². The third-order valence-corrected chi connectivity index (χ3v) is 3.29. The molecule has 2 aromatic carbocycles. The van der Waals surface area contributed by atoms with Gasteiger partial charge in [0.25, 0.3) is 0 Å². The molecule has 3 nitrogen and oxygen atoms in total. The first-order chi connectivity index (χ1) is 9.70. The molecule has 4 heteroatoms. The number of rotatable bonds is 3. The molecule has 0 saturated heterocycles. The summed E-state index contributed by atoms with van der Waals surface area (Å²) in [6, 6.07) is 11.9. The Bertz CT molecular complexity index is 637. The van der Waals surface area contributed by atoms with Gasteiger partial charge in [0.05, 0.1) is 0 Å². The average molecular weight is 271 g/mol. The van der Waals surface area contributed by atoms with Crippen molar-refractivity contribution in [2.24, 2.45) is 0 Å². The van der Waals surface area contributed by atoms with E-state index in [1.165, 1.54) is 12.1 Å². The Morgan fingerprint density at radius 2 is 1.90 bits per heavy atom. The lowest BCUT2D eigenvalue weighted by Gasteiger charge is -2.17. The maximum Gasteiger partial charge on any atom is 0.224 e. The van der Waals surface area contributed by atoms with Gasteiger partial charge >= 0.3 is 0 Å². The highest BCUT2D eigenvalue weighted by Gasteiger charge is 2.14. The number of fused-ring (bicyclic) bond motifs is 1. The highest BCUT2D eigenvalue weighted by atomic mass is 19.1.